The number of urea groups is 1. The van der Waals surface area contributed by atoms with Crippen molar-refractivity contribution in [1.29, 1.82) is 0 Å². The first-order valence-corrected chi connectivity index (χ1v) is 8.78. The molecule has 1 aromatic carbocycles. The van der Waals surface area contributed by atoms with E-state index in [4.69, 9.17) is 4.98 Å². The summed E-state index contributed by atoms with van der Waals surface area (Å²) in [6.07, 6.45) is 3.11. The van der Waals surface area contributed by atoms with Crippen LogP contribution in [-0.2, 0) is 24.1 Å². The number of fused-ring (bicyclic) bond motifs is 2. The van der Waals surface area contributed by atoms with Crippen molar-refractivity contribution in [2.75, 3.05) is 7.05 Å². The van der Waals surface area contributed by atoms with E-state index < -0.39 is 5.54 Å². The van der Waals surface area contributed by atoms with Crippen molar-refractivity contribution < 1.29 is 9.59 Å². The number of benzene rings is 1. The number of likely N-dealkylation sites (N-methyl/N-ethyl adjacent to an activating group) is 1. The second-order valence-electron chi connectivity index (χ2n) is 8.59. The summed E-state index contributed by atoms with van der Waals surface area (Å²) >= 11 is 0. The summed E-state index contributed by atoms with van der Waals surface area (Å²) in [5, 5.41) is 2.43. The maximum absolute atomic E-state index is 12.4. The fourth-order valence-corrected chi connectivity index (χ4v) is 3.87. The lowest BCUT2D eigenvalue weighted by Crippen LogP contribution is -2.48. The zero-order chi connectivity index (χ0) is 18.0. The Hall–Kier alpha value is -2.37. The van der Waals surface area contributed by atoms with Crippen LogP contribution in [0.3, 0.4) is 0 Å². The number of aromatic nitrogens is 2. The Morgan fingerprint density at radius 3 is 2.48 bits per heavy atom. The molecule has 1 saturated heterocycles. The number of rotatable bonds is 2. The number of nitrogens with zero attached hydrogens (tertiary/aromatic N) is 2. The predicted molar refractivity (Wildman–Crippen MR) is 95.3 cm³/mol. The van der Waals surface area contributed by atoms with Crippen molar-refractivity contribution in [2.24, 2.45) is 5.41 Å². The highest BCUT2D eigenvalue weighted by Crippen LogP contribution is 2.38. The minimum absolute atomic E-state index is 0.196. The predicted octanol–water partition coefficient (Wildman–Crippen LogP) is 2.56. The number of hydrogen-bond donors (Lipinski definition) is 2. The molecular formula is C19H24N4O2. The molecule has 1 aliphatic heterocycles. The van der Waals surface area contributed by atoms with Gasteiger partial charge in [0, 0.05) is 26.3 Å². The van der Waals surface area contributed by atoms with E-state index in [9.17, 15) is 9.59 Å². The van der Waals surface area contributed by atoms with Crippen LogP contribution in [0.2, 0.25) is 0 Å². The number of carbonyl (C=O) groups is 2. The van der Waals surface area contributed by atoms with Crippen molar-refractivity contribution in [3.05, 3.63) is 29.1 Å². The van der Waals surface area contributed by atoms with Gasteiger partial charge in [-0.05, 0) is 35.1 Å². The first-order chi connectivity index (χ1) is 11.7. The van der Waals surface area contributed by atoms with Crippen LogP contribution in [0.4, 0.5) is 4.79 Å². The van der Waals surface area contributed by atoms with E-state index >= 15 is 0 Å². The van der Waals surface area contributed by atoms with Crippen molar-refractivity contribution in [1.82, 2.24) is 20.2 Å². The van der Waals surface area contributed by atoms with Crippen LogP contribution in [0.1, 0.15) is 44.1 Å². The fraction of sp³-hybridized carbons (Fsp3) is 0.526. The zero-order valence-corrected chi connectivity index (χ0v) is 15.2. The molecule has 1 aliphatic carbocycles. The van der Waals surface area contributed by atoms with Crippen LogP contribution in [0.15, 0.2) is 12.1 Å². The van der Waals surface area contributed by atoms with Crippen LogP contribution in [0, 0.1) is 5.41 Å². The summed E-state index contributed by atoms with van der Waals surface area (Å²) in [5.74, 6) is 0.813. The Kier molecular flexibility index (Phi) is 3.27. The van der Waals surface area contributed by atoms with Crippen LogP contribution < -0.4 is 5.32 Å². The first-order valence-electron chi connectivity index (χ1n) is 8.78. The van der Waals surface area contributed by atoms with E-state index in [-0.39, 0.29) is 17.4 Å². The molecule has 2 aliphatic rings. The van der Waals surface area contributed by atoms with Crippen molar-refractivity contribution >= 4 is 23.0 Å². The van der Waals surface area contributed by atoms with Gasteiger partial charge in [-0.15, -0.1) is 0 Å². The molecule has 3 amide bonds. The summed E-state index contributed by atoms with van der Waals surface area (Å²) in [4.78, 5) is 33.9. The van der Waals surface area contributed by atoms with Crippen LogP contribution >= 0.6 is 0 Å². The third-order valence-electron chi connectivity index (χ3n) is 5.52. The van der Waals surface area contributed by atoms with Gasteiger partial charge in [-0.25, -0.2) is 9.78 Å². The van der Waals surface area contributed by atoms with Gasteiger partial charge in [0.1, 0.15) is 11.4 Å². The van der Waals surface area contributed by atoms with Gasteiger partial charge in [-0.2, -0.15) is 0 Å². The Balaban J connectivity index is 1.64. The lowest BCUT2D eigenvalue weighted by molar-refractivity contribution is -0.125. The average Bonchev–Trinajstić information content (AvgIpc) is 3.14. The molecule has 2 aromatic rings. The highest BCUT2D eigenvalue weighted by atomic mass is 16.2. The van der Waals surface area contributed by atoms with Gasteiger partial charge in [-0.1, -0.05) is 20.8 Å². The molecule has 6 nitrogen and oxygen atoms in total. The molecule has 132 valence electrons. The van der Waals surface area contributed by atoms with Crippen molar-refractivity contribution in [2.45, 2.75) is 52.0 Å². The number of hydrogen-bond acceptors (Lipinski definition) is 3. The Labute approximate surface area is 147 Å². The molecule has 1 fully saturated rings. The Bertz CT molecular complexity index is 848. The van der Waals surface area contributed by atoms with Crippen LogP contribution in [0.5, 0.6) is 0 Å². The van der Waals surface area contributed by atoms with Gasteiger partial charge in [0.2, 0.25) is 0 Å². The quantitative estimate of drug-likeness (QED) is 0.825. The summed E-state index contributed by atoms with van der Waals surface area (Å²) in [6.45, 7) is 6.69. The van der Waals surface area contributed by atoms with E-state index in [0.717, 1.165) is 40.8 Å². The van der Waals surface area contributed by atoms with Gasteiger partial charge in [-0.3, -0.25) is 10.1 Å². The van der Waals surface area contributed by atoms with Crippen LogP contribution in [-0.4, -0.2) is 39.4 Å². The monoisotopic (exact) mass is 340 g/mol. The number of carbonyl (C=O) groups excluding carboxylic acids is 2. The third kappa shape index (κ3) is 2.51. The first kappa shape index (κ1) is 16.1. The average molecular weight is 340 g/mol. The molecule has 2 N–H and O–H groups in total. The van der Waals surface area contributed by atoms with Gasteiger partial charge >= 0.3 is 6.03 Å². The fourth-order valence-electron chi connectivity index (χ4n) is 3.87. The van der Waals surface area contributed by atoms with Crippen molar-refractivity contribution in [3.8, 4) is 0 Å². The molecular weight excluding hydrogens is 316 g/mol. The highest BCUT2D eigenvalue weighted by Gasteiger charge is 2.54. The number of amides is 3. The van der Waals surface area contributed by atoms with E-state index in [1.165, 1.54) is 0 Å². The van der Waals surface area contributed by atoms with E-state index in [0.29, 0.717) is 12.8 Å². The lowest BCUT2D eigenvalue weighted by Gasteiger charge is -2.27. The second kappa shape index (κ2) is 5.07. The highest BCUT2D eigenvalue weighted by molar-refractivity contribution is 6.07. The SMILES string of the molecule is CN1C(=O)NC(=O)C12Cc1cc3nc(CCC(C)(C)C)[nH]c3cc1C2. The van der Waals surface area contributed by atoms with E-state index in [1.54, 1.807) is 11.9 Å². The topological polar surface area (TPSA) is 78.1 Å². The minimum atomic E-state index is -0.771. The molecule has 1 unspecified atom stereocenters. The van der Waals surface area contributed by atoms with E-state index in [1.807, 2.05) is 0 Å². The molecule has 4 rings (SSSR count). The normalized spacial score (nSPS) is 19.1. The largest absolute Gasteiger partial charge is 0.342 e. The maximum atomic E-state index is 12.4. The molecule has 2 heterocycles. The van der Waals surface area contributed by atoms with E-state index in [2.05, 4.69) is 43.2 Å². The Morgan fingerprint density at radius 1 is 1.20 bits per heavy atom. The minimum Gasteiger partial charge on any atom is -0.342 e. The summed E-state index contributed by atoms with van der Waals surface area (Å²) in [7, 11) is 1.70. The van der Waals surface area contributed by atoms with Gasteiger partial charge in [0.05, 0.1) is 11.0 Å². The number of H-pyrrole nitrogens is 1. The number of nitrogens with one attached hydrogen (secondary N) is 2. The standard InChI is InChI=1S/C19H24N4O2/c1-18(2,3)6-5-15-20-13-7-11-9-19(10-12(11)8-14(13)21-15)16(24)22-17(25)23(19)4/h7-8H,5-6,9-10H2,1-4H3,(H,20,21)(H,22,24,25). The van der Waals surface area contributed by atoms with Gasteiger partial charge in [0.25, 0.3) is 5.91 Å². The summed E-state index contributed by atoms with van der Waals surface area (Å²) in [6, 6.07) is 3.85. The smallest absolute Gasteiger partial charge is 0.324 e. The number of imidazole rings is 1. The Morgan fingerprint density at radius 2 is 1.88 bits per heavy atom. The molecule has 0 saturated carbocycles. The maximum Gasteiger partial charge on any atom is 0.324 e. The summed E-state index contributed by atoms with van der Waals surface area (Å²) < 4.78 is 0. The zero-order valence-electron chi connectivity index (χ0n) is 15.2. The molecule has 25 heavy (non-hydrogen) atoms. The van der Waals surface area contributed by atoms with Crippen LogP contribution in [0.25, 0.3) is 11.0 Å². The molecule has 0 bridgehead atoms. The summed E-state index contributed by atoms with van der Waals surface area (Å²) in [5.41, 5.74) is 3.68. The second-order valence-corrected chi connectivity index (χ2v) is 8.59. The number of aryl methyl sites for hydroxylation is 1. The number of imide groups is 1. The molecule has 1 spiro atoms. The van der Waals surface area contributed by atoms with Gasteiger partial charge in [0.15, 0.2) is 0 Å². The molecule has 1 aromatic heterocycles. The molecule has 0 radical (unpaired) electrons. The number of aromatic amines is 1. The third-order valence-corrected chi connectivity index (χ3v) is 5.52. The molecule has 1 atom stereocenters. The lowest BCUT2D eigenvalue weighted by atomic mass is 9.90. The molecule has 6 heteroatoms. The van der Waals surface area contributed by atoms with Crippen molar-refractivity contribution in [3.63, 3.8) is 0 Å². The van der Waals surface area contributed by atoms with Gasteiger partial charge < -0.3 is 9.88 Å².